The van der Waals surface area contributed by atoms with Crippen molar-refractivity contribution in [2.75, 3.05) is 5.32 Å². The topological polar surface area (TPSA) is 75.5 Å². The van der Waals surface area contributed by atoms with Crippen molar-refractivity contribution in [2.45, 2.75) is 13.8 Å². The molecule has 0 fully saturated rings. The van der Waals surface area contributed by atoms with Crippen LogP contribution in [0.3, 0.4) is 0 Å². The van der Waals surface area contributed by atoms with Gasteiger partial charge in [-0.05, 0) is 50.2 Å². The number of rotatable bonds is 4. The van der Waals surface area contributed by atoms with E-state index >= 15 is 0 Å². The summed E-state index contributed by atoms with van der Waals surface area (Å²) in [5.74, 6) is -1.65. The van der Waals surface area contributed by atoms with Crippen molar-refractivity contribution in [1.29, 1.82) is 0 Å². The fourth-order valence-electron chi connectivity index (χ4n) is 2.86. The number of nitrogens with zero attached hydrogens (tertiary/aromatic N) is 2. The summed E-state index contributed by atoms with van der Waals surface area (Å²) in [5, 5.41) is 7.34. The number of aryl methyl sites for hydroxylation is 1. The zero-order chi connectivity index (χ0) is 21.0. The van der Waals surface area contributed by atoms with E-state index in [2.05, 4.69) is 15.8 Å². The van der Waals surface area contributed by atoms with Gasteiger partial charge in [-0.1, -0.05) is 41.4 Å². The smallest absolute Gasteiger partial charge is 0.318 e. The van der Waals surface area contributed by atoms with Crippen LogP contribution < -0.4 is 10.7 Å². The van der Waals surface area contributed by atoms with E-state index in [-0.39, 0.29) is 0 Å². The largest absolute Gasteiger partial charge is 0.329 e. The second-order valence-corrected chi connectivity index (χ2v) is 7.09. The fraction of sp³-hybridized carbons (Fsp3) is 0.0952. The van der Waals surface area contributed by atoms with Crippen LogP contribution in [0.4, 0.5) is 5.69 Å². The Bertz CT molecular complexity index is 1090. The Hall–Kier alpha value is -3.09. The van der Waals surface area contributed by atoms with Crippen LogP contribution in [-0.4, -0.2) is 22.6 Å². The first-order valence-corrected chi connectivity index (χ1v) is 9.46. The van der Waals surface area contributed by atoms with Crippen molar-refractivity contribution < 1.29 is 9.59 Å². The summed E-state index contributed by atoms with van der Waals surface area (Å²) in [6, 6.07) is 16.0. The molecule has 0 atom stereocenters. The Balaban J connectivity index is 1.70. The molecule has 0 spiro atoms. The normalized spacial score (nSPS) is 10.9. The minimum absolute atomic E-state index is 0.462. The summed E-state index contributed by atoms with van der Waals surface area (Å²) in [5.41, 5.74) is 6.26. The minimum atomic E-state index is -0.858. The number of aromatic nitrogens is 1. The van der Waals surface area contributed by atoms with Crippen molar-refractivity contribution in [1.82, 2.24) is 9.99 Å². The van der Waals surface area contributed by atoms with Crippen LogP contribution >= 0.6 is 23.2 Å². The molecule has 0 radical (unpaired) electrons. The Morgan fingerprint density at radius 3 is 2.38 bits per heavy atom. The molecule has 2 aromatic carbocycles. The van der Waals surface area contributed by atoms with E-state index in [1.807, 2.05) is 36.6 Å². The molecule has 0 bridgehead atoms. The number of hydrazone groups is 1. The zero-order valence-electron chi connectivity index (χ0n) is 15.7. The molecule has 0 aliphatic rings. The second kappa shape index (κ2) is 8.94. The third-order valence-corrected chi connectivity index (χ3v) is 4.98. The van der Waals surface area contributed by atoms with E-state index in [1.165, 1.54) is 6.21 Å². The van der Waals surface area contributed by atoms with Crippen LogP contribution in [-0.2, 0) is 9.59 Å². The van der Waals surface area contributed by atoms with Gasteiger partial charge in [-0.2, -0.15) is 5.10 Å². The highest BCUT2D eigenvalue weighted by atomic mass is 35.5. The van der Waals surface area contributed by atoms with Crippen molar-refractivity contribution in [3.63, 3.8) is 0 Å². The van der Waals surface area contributed by atoms with Gasteiger partial charge in [0.25, 0.3) is 0 Å². The number of halogens is 2. The standard InChI is InChI=1S/C21H18Cl2N4O2/c1-13-10-15(14(2)27(13)17-8-9-18(22)19(23)11-17)12-24-26-21(29)20(28)25-16-6-4-3-5-7-16/h3-12H,1-2H3,(H,25,28)(H,26,29)/b24-12+. The third-order valence-electron chi connectivity index (χ3n) is 4.24. The van der Waals surface area contributed by atoms with Gasteiger partial charge in [0.1, 0.15) is 0 Å². The first-order valence-electron chi connectivity index (χ1n) is 8.70. The Kier molecular flexibility index (Phi) is 6.36. The van der Waals surface area contributed by atoms with Crippen molar-refractivity contribution in [3.8, 4) is 5.69 Å². The van der Waals surface area contributed by atoms with Crippen LogP contribution in [0.1, 0.15) is 17.0 Å². The molecule has 1 aromatic heterocycles. The van der Waals surface area contributed by atoms with Gasteiger partial charge in [-0.3, -0.25) is 9.59 Å². The number of nitrogens with one attached hydrogen (secondary N) is 2. The second-order valence-electron chi connectivity index (χ2n) is 6.28. The average molecular weight is 429 g/mol. The summed E-state index contributed by atoms with van der Waals surface area (Å²) in [4.78, 5) is 23.8. The molecular weight excluding hydrogens is 411 g/mol. The SMILES string of the molecule is Cc1cc(/C=N/NC(=O)C(=O)Nc2ccccc2)c(C)n1-c1ccc(Cl)c(Cl)c1. The van der Waals surface area contributed by atoms with Crippen molar-refractivity contribution >= 4 is 46.9 Å². The Morgan fingerprint density at radius 2 is 1.69 bits per heavy atom. The van der Waals surface area contributed by atoms with E-state index < -0.39 is 11.8 Å². The van der Waals surface area contributed by atoms with Gasteiger partial charge in [0.05, 0.1) is 16.3 Å². The number of hydrogen-bond acceptors (Lipinski definition) is 3. The lowest BCUT2D eigenvalue weighted by atomic mass is 10.2. The summed E-state index contributed by atoms with van der Waals surface area (Å²) >= 11 is 12.1. The van der Waals surface area contributed by atoms with E-state index in [0.717, 1.165) is 22.6 Å². The van der Waals surface area contributed by atoms with Crippen LogP contribution in [0.15, 0.2) is 59.7 Å². The Morgan fingerprint density at radius 1 is 0.966 bits per heavy atom. The van der Waals surface area contributed by atoms with Crippen LogP contribution in [0.5, 0.6) is 0 Å². The molecule has 0 saturated carbocycles. The predicted molar refractivity (Wildman–Crippen MR) is 116 cm³/mol. The maximum atomic E-state index is 11.9. The van der Waals surface area contributed by atoms with E-state index in [4.69, 9.17) is 23.2 Å². The predicted octanol–water partition coefficient (Wildman–Crippen LogP) is 4.49. The monoisotopic (exact) mass is 428 g/mol. The number of para-hydroxylation sites is 1. The molecule has 0 aliphatic heterocycles. The van der Waals surface area contributed by atoms with E-state index in [0.29, 0.717) is 15.7 Å². The van der Waals surface area contributed by atoms with E-state index in [1.54, 1.807) is 36.4 Å². The molecule has 1 heterocycles. The number of benzene rings is 2. The molecular formula is C21H18Cl2N4O2. The quantitative estimate of drug-likeness (QED) is 0.364. The maximum absolute atomic E-state index is 11.9. The molecule has 0 aliphatic carbocycles. The van der Waals surface area contributed by atoms with Gasteiger partial charge in [0, 0.05) is 28.3 Å². The number of carbonyl (C=O) groups is 2. The van der Waals surface area contributed by atoms with Gasteiger partial charge >= 0.3 is 11.8 Å². The average Bonchev–Trinajstić information content (AvgIpc) is 2.98. The van der Waals surface area contributed by atoms with Gasteiger partial charge < -0.3 is 9.88 Å². The third kappa shape index (κ3) is 4.85. The number of carbonyl (C=O) groups excluding carboxylic acids is 2. The first kappa shape index (κ1) is 20.6. The molecule has 0 saturated heterocycles. The number of anilines is 1. The summed E-state index contributed by atoms with van der Waals surface area (Å²) in [7, 11) is 0. The molecule has 6 nitrogen and oxygen atoms in total. The highest BCUT2D eigenvalue weighted by Crippen LogP contribution is 2.27. The molecule has 8 heteroatoms. The van der Waals surface area contributed by atoms with Gasteiger partial charge in [0.2, 0.25) is 0 Å². The van der Waals surface area contributed by atoms with Gasteiger partial charge in [-0.25, -0.2) is 5.43 Å². The Labute approximate surface area is 178 Å². The lowest BCUT2D eigenvalue weighted by Gasteiger charge is -2.10. The number of hydrogen-bond donors (Lipinski definition) is 2. The molecule has 2 amide bonds. The lowest BCUT2D eigenvalue weighted by Crippen LogP contribution is -2.32. The van der Waals surface area contributed by atoms with Gasteiger partial charge in [0.15, 0.2) is 0 Å². The maximum Gasteiger partial charge on any atom is 0.329 e. The fourth-order valence-corrected chi connectivity index (χ4v) is 3.15. The lowest BCUT2D eigenvalue weighted by molar-refractivity contribution is -0.136. The molecule has 3 rings (SSSR count). The van der Waals surface area contributed by atoms with Crippen LogP contribution in [0.25, 0.3) is 5.69 Å². The highest BCUT2D eigenvalue weighted by Gasteiger charge is 2.14. The first-order chi connectivity index (χ1) is 13.9. The molecule has 2 N–H and O–H groups in total. The van der Waals surface area contributed by atoms with Crippen molar-refractivity contribution in [2.24, 2.45) is 5.10 Å². The molecule has 29 heavy (non-hydrogen) atoms. The van der Waals surface area contributed by atoms with Gasteiger partial charge in [-0.15, -0.1) is 0 Å². The van der Waals surface area contributed by atoms with E-state index in [9.17, 15) is 9.59 Å². The minimum Gasteiger partial charge on any atom is -0.318 e. The summed E-state index contributed by atoms with van der Waals surface area (Å²) in [6.45, 7) is 3.86. The highest BCUT2D eigenvalue weighted by molar-refractivity contribution is 6.42. The zero-order valence-corrected chi connectivity index (χ0v) is 17.3. The summed E-state index contributed by atoms with van der Waals surface area (Å²) in [6.07, 6.45) is 1.49. The van der Waals surface area contributed by atoms with Crippen LogP contribution in [0, 0.1) is 13.8 Å². The summed E-state index contributed by atoms with van der Waals surface area (Å²) < 4.78 is 1.99. The molecule has 3 aromatic rings. The number of amides is 2. The molecule has 0 unspecified atom stereocenters. The van der Waals surface area contributed by atoms with Crippen LogP contribution in [0.2, 0.25) is 10.0 Å². The molecule has 148 valence electrons. The van der Waals surface area contributed by atoms with Crippen molar-refractivity contribution in [3.05, 3.63) is 81.6 Å².